The molecule has 3 rings (SSSR count). The van der Waals surface area contributed by atoms with E-state index in [-0.39, 0.29) is 11.8 Å². The lowest BCUT2D eigenvalue weighted by molar-refractivity contribution is -0.115. The van der Waals surface area contributed by atoms with Gasteiger partial charge in [-0.25, -0.2) is 0 Å². The van der Waals surface area contributed by atoms with E-state index in [0.29, 0.717) is 23.4 Å². The number of hydrogen-bond donors (Lipinski definition) is 3. The van der Waals surface area contributed by atoms with Gasteiger partial charge in [0.2, 0.25) is 5.91 Å². The van der Waals surface area contributed by atoms with Crippen molar-refractivity contribution >= 4 is 34.5 Å². The summed E-state index contributed by atoms with van der Waals surface area (Å²) >= 11 is 1.54. The van der Waals surface area contributed by atoms with Crippen molar-refractivity contribution in [3.05, 3.63) is 70.2 Å². The van der Waals surface area contributed by atoms with Crippen molar-refractivity contribution < 1.29 is 9.59 Å². The molecule has 0 saturated heterocycles. The minimum Gasteiger partial charge on any atom is -0.365 e. The molecule has 0 fully saturated rings. The van der Waals surface area contributed by atoms with Crippen LogP contribution in [0.25, 0.3) is 0 Å². The molecule has 3 N–H and O–H groups in total. The molecule has 2 heterocycles. The number of thiophene rings is 1. The molecule has 3 aromatic rings. The fourth-order valence-electron chi connectivity index (χ4n) is 2.36. The Bertz CT molecular complexity index is 853. The zero-order valence-corrected chi connectivity index (χ0v) is 13.9. The number of H-pyrrole nitrogens is 1. The summed E-state index contributed by atoms with van der Waals surface area (Å²) in [6.45, 7) is 1.84. The van der Waals surface area contributed by atoms with Gasteiger partial charge in [0.1, 0.15) is 0 Å². The first kappa shape index (κ1) is 16.0. The molecular formula is C18H17N3O2S. The van der Waals surface area contributed by atoms with Gasteiger partial charge in [-0.1, -0.05) is 18.2 Å². The Kier molecular flexibility index (Phi) is 4.77. The van der Waals surface area contributed by atoms with Gasteiger partial charge in [-0.05, 0) is 36.6 Å². The second kappa shape index (κ2) is 7.14. The highest BCUT2D eigenvalue weighted by Crippen LogP contribution is 2.23. The average molecular weight is 339 g/mol. The molecule has 2 amide bonds. The normalized spacial score (nSPS) is 10.4. The highest BCUT2D eigenvalue weighted by atomic mass is 32.1. The first-order valence-corrected chi connectivity index (χ1v) is 8.38. The molecule has 24 heavy (non-hydrogen) atoms. The van der Waals surface area contributed by atoms with E-state index in [2.05, 4.69) is 15.6 Å². The number of benzene rings is 1. The Morgan fingerprint density at radius 3 is 2.42 bits per heavy atom. The number of rotatable bonds is 5. The zero-order chi connectivity index (χ0) is 16.9. The Hall–Kier alpha value is -2.86. The monoisotopic (exact) mass is 339 g/mol. The van der Waals surface area contributed by atoms with Gasteiger partial charge in [0, 0.05) is 16.8 Å². The SMILES string of the molecule is Cc1[nH]ccc1C(=O)Nc1ccccc1NC(=O)Cc1cccs1. The smallest absolute Gasteiger partial charge is 0.257 e. The van der Waals surface area contributed by atoms with Crippen LogP contribution in [0.4, 0.5) is 11.4 Å². The van der Waals surface area contributed by atoms with Gasteiger partial charge in [-0.15, -0.1) is 11.3 Å². The van der Waals surface area contributed by atoms with E-state index in [9.17, 15) is 9.59 Å². The molecule has 122 valence electrons. The van der Waals surface area contributed by atoms with Crippen LogP contribution in [-0.4, -0.2) is 16.8 Å². The van der Waals surface area contributed by atoms with Crippen LogP contribution in [0.1, 0.15) is 20.9 Å². The number of para-hydroxylation sites is 2. The van der Waals surface area contributed by atoms with Crippen molar-refractivity contribution in [1.29, 1.82) is 0 Å². The lowest BCUT2D eigenvalue weighted by Crippen LogP contribution is -2.17. The Morgan fingerprint density at radius 2 is 1.79 bits per heavy atom. The quantitative estimate of drug-likeness (QED) is 0.661. The van der Waals surface area contributed by atoms with E-state index in [1.54, 1.807) is 35.7 Å². The number of aromatic nitrogens is 1. The van der Waals surface area contributed by atoms with Gasteiger partial charge in [-0.2, -0.15) is 0 Å². The number of amides is 2. The fraction of sp³-hybridized carbons (Fsp3) is 0.111. The second-order valence-electron chi connectivity index (χ2n) is 5.32. The van der Waals surface area contributed by atoms with Gasteiger partial charge in [-0.3, -0.25) is 9.59 Å². The molecule has 2 aromatic heterocycles. The Balaban J connectivity index is 1.72. The molecule has 6 heteroatoms. The third kappa shape index (κ3) is 3.72. The maximum Gasteiger partial charge on any atom is 0.257 e. The van der Waals surface area contributed by atoms with Crippen LogP contribution in [-0.2, 0) is 11.2 Å². The number of carbonyl (C=O) groups excluding carboxylic acids is 2. The van der Waals surface area contributed by atoms with Crippen LogP contribution in [0, 0.1) is 6.92 Å². The average Bonchev–Trinajstić information content (AvgIpc) is 3.20. The number of hydrogen-bond acceptors (Lipinski definition) is 3. The summed E-state index contributed by atoms with van der Waals surface area (Å²) in [6, 6.07) is 12.7. The molecule has 1 aromatic carbocycles. The molecule has 0 bridgehead atoms. The number of carbonyl (C=O) groups is 2. The minimum atomic E-state index is -0.214. The largest absolute Gasteiger partial charge is 0.365 e. The van der Waals surface area contributed by atoms with Crippen molar-refractivity contribution in [2.45, 2.75) is 13.3 Å². The fourth-order valence-corrected chi connectivity index (χ4v) is 3.06. The Labute approximate surface area is 143 Å². The summed E-state index contributed by atoms with van der Waals surface area (Å²) in [5, 5.41) is 7.65. The highest BCUT2D eigenvalue weighted by Gasteiger charge is 2.13. The highest BCUT2D eigenvalue weighted by molar-refractivity contribution is 7.10. The van der Waals surface area contributed by atoms with Crippen molar-refractivity contribution in [2.24, 2.45) is 0 Å². The molecule has 0 saturated carbocycles. The molecule has 0 aliphatic heterocycles. The standard InChI is InChI=1S/C18H17N3O2S/c1-12-14(8-9-19-12)18(23)21-16-7-3-2-6-15(16)20-17(22)11-13-5-4-10-24-13/h2-10,19H,11H2,1H3,(H,20,22)(H,21,23). The first-order valence-electron chi connectivity index (χ1n) is 7.50. The van der Waals surface area contributed by atoms with Crippen LogP contribution in [0.15, 0.2) is 54.0 Å². The van der Waals surface area contributed by atoms with Crippen LogP contribution >= 0.6 is 11.3 Å². The van der Waals surface area contributed by atoms with E-state index in [1.165, 1.54) is 0 Å². The number of aryl methyl sites for hydroxylation is 1. The first-order chi connectivity index (χ1) is 11.6. The molecule has 0 aliphatic carbocycles. The predicted octanol–water partition coefficient (Wildman–Crippen LogP) is 3.82. The lowest BCUT2D eigenvalue weighted by Gasteiger charge is -2.12. The second-order valence-corrected chi connectivity index (χ2v) is 6.35. The molecule has 0 radical (unpaired) electrons. The van der Waals surface area contributed by atoms with E-state index < -0.39 is 0 Å². The van der Waals surface area contributed by atoms with Crippen molar-refractivity contribution in [3.8, 4) is 0 Å². The summed E-state index contributed by atoms with van der Waals surface area (Å²) in [4.78, 5) is 28.5. The summed E-state index contributed by atoms with van der Waals surface area (Å²) in [6.07, 6.45) is 2.04. The third-order valence-electron chi connectivity index (χ3n) is 3.56. The molecule has 0 aliphatic rings. The molecule has 0 atom stereocenters. The lowest BCUT2D eigenvalue weighted by atomic mass is 10.2. The number of aromatic amines is 1. The van der Waals surface area contributed by atoms with Gasteiger partial charge in [0.05, 0.1) is 23.4 Å². The summed E-state index contributed by atoms with van der Waals surface area (Å²) in [5.41, 5.74) is 2.53. The van der Waals surface area contributed by atoms with Crippen molar-refractivity contribution in [1.82, 2.24) is 4.98 Å². The summed E-state index contributed by atoms with van der Waals surface area (Å²) in [7, 11) is 0. The van der Waals surface area contributed by atoms with Crippen LogP contribution in [0.2, 0.25) is 0 Å². The summed E-state index contributed by atoms with van der Waals surface area (Å²) in [5.74, 6) is -0.328. The van der Waals surface area contributed by atoms with E-state index in [0.717, 1.165) is 10.6 Å². The predicted molar refractivity (Wildman–Crippen MR) is 96.6 cm³/mol. The van der Waals surface area contributed by atoms with Crippen LogP contribution < -0.4 is 10.6 Å². The van der Waals surface area contributed by atoms with Crippen molar-refractivity contribution in [3.63, 3.8) is 0 Å². The van der Waals surface area contributed by atoms with Crippen LogP contribution in [0.3, 0.4) is 0 Å². The number of nitrogens with one attached hydrogen (secondary N) is 3. The maximum absolute atomic E-state index is 12.3. The Morgan fingerprint density at radius 1 is 1.04 bits per heavy atom. The van der Waals surface area contributed by atoms with Gasteiger partial charge < -0.3 is 15.6 Å². The van der Waals surface area contributed by atoms with Gasteiger partial charge in [0.15, 0.2) is 0 Å². The molecule has 0 spiro atoms. The number of anilines is 2. The topological polar surface area (TPSA) is 74.0 Å². The van der Waals surface area contributed by atoms with Gasteiger partial charge in [0.25, 0.3) is 5.91 Å². The molecule has 0 unspecified atom stereocenters. The van der Waals surface area contributed by atoms with E-state index in [4.69, 9.17) is 0 Å². The van der Waals surface area contributed by atoms with E-state index in [1.807, 2.05) is 36.6 Å². The molecular weight excluding hydrogens is 322 g/mol. The zero-order valence-electron chi connectivity index (χ0n) is 13.1. The van der Waals surface area contributed by atoms with Crippen LogP contribution in [0.5, 0.6) is 0 Å². The van der Waals surface area contributed by atoms with Gasteiger partial charge >= 0.3 is 0 Å². The maximum atomic E-state index is 12.3. The third-order valence-corrected chi connectivity index (χ3v) is 4.44. The van der Waals surface area contributed by atoms with E-state index >= 15 is 0 Å². The summed E-state index contributed by atoms with van der Waals surface area (Å²) < 4.78 is 0. The molecule has 5 nitrogen and oxygen atoms in total. The minimum absolute atomic E-state index is 0.114. The van der Waals surface area contributed by atoms with Crippen molar-refractivity contribution in [2.75, 3.05) is 10.6 Å².